The number of fused-ring (bicyclic) bond motifs is 1. The van der Waals surface area contributed by atoms with Gasteiger partial charge in [0.25, 0.3) is 0 Å². The van der Waals surface area contributed by atoms with Crippen molar-refractivity contribution in [2.75, 3.05) is 18.0 Å². The summed E-state index contributed by atoms with van der Waals surface area (Å²) in [4.78, 5) is 7.03. The molecule has 2 nitrogen and oxygen atoms in total. The van der Waals surface area contributed by atoms with Gasteiger partial charge in [-0.25, -0.2) is 4.98 Å². The van der Waals surface area contributed by atoms with E-state index in [-0.39, 0.29) is 0 Å². The fourth-order valence-corrected chi connectivity index (χ4v) is 2.94. The average Bonchev–Trinajstić information content (AvgIpc) is 2.84. The maximum absolute atomic E-state index is 5.99. The summed E-state index contributed by atoms with van der Waals surface area (Å²) < 4.78 is 0. The lowest BCUT2D eigenvalue weighted by Crippen LogP contribution is -2.20. The molecule has 1 aliphatic heterocycles. The molecule has 1 fully saturated rings. The van der Waals surface area contributed by atoms with Gasteiger partial charge in [-0.15, -0.1) is 11.6 Å². The molecular formula is C15H17ClN2. The highest BCUT2D eigenvalue weighted by Crippen LogP contribution is 2.31. The Morgan fingerprint density at radius 1 is 1.33 bits per heavy atom. The van der Waals surface area contributed by atoms with E-state index in [1.807, 2.05) is 6.20 Å². The van der Waals surface area contributed by atoms with Gasteiger partial charge in [0.2, 0.25) is 0 Å². The number of benzene rings is 1. The molecule has 0 aliphatic carbocycles. The molecule has 94 valence electrons. The van der Waals surface area contributed by atoms with E-state index in [0.717, 1.165) is 30.4 Å². The molecule has 1 aromatic heterocycles. The van der Waals surface area contributed by atoms with E-state index in [0.29, 0.717) is 5.88 Å². The van der Waals surface area contributed by atoms with Crippen molar-refractivity contribution < 1.29 is 0 Å². The van der Waals surface area contributed by atoms with Crippen LogP contribution in [0.5, 0.6) is 0 Å². The highest BCUT2D eigenvalue weighted by atomic mass is 35.5. The van der Waals surface area contributed by atoms with Gasteiger partial charge in [-0.1, -0.05) is 31.2 Å². The quantitative estimate of drug-likeness (QED) is 0.763. The molecule has 1 saturated heterocycles. The van der Waals surface area contributed by atoms with Gasteiger partial charge in [-0.2, -0.15) is 0 Å². The molecule has 0 N–H and O–H groups in total. The molecular weight excluding hydrogens is 244 g/mol. The fraction of sp³-hybridized carbons (Fsp3) is 0.400. The van der Waals surface area contributed by atoms with Crippen LogP contribution < -0.4 is 4.90 Å². The van der Waals surface area contributed by atoms with Gasteiger partial charge in [-0.05, 0) is 23.3 Å². The molecule has 0 spiro atoms. The van der Waals surface area contributed by atoms with Gasteiger partial charge in [0, 0.05) is 30.6 Å². The second-order valence-electron chi connectivity index (χ2n) is 5.13. The van der Waals surface area contributed by atoms with Crippen LogP contribution in [0.3, 0.4) is 0 Å². The molecule has 1 unspecified atom stereocenters. The summed E-state index contributed by atoms with van der Waals surface area (Å²) in [6, 6.07) is 8.42. The zero-order chi connectivity index (χ0) is 12.5. The molecule has 3 rings (SSSR count). The summed E-state index contributed by atoms with van der Waals surface area (Å²) in [5.41, 5.74) is 1.11. The van der Waals surface area contributed by atoms with Crippen LogP contribution in [0.15, 0.2) is 30.5 Å². The number of anilines is 1. The standard InChI is InChI=1S/C15H17ClN2/c1-11-6-7-18(10-11)15-14-5-3-2-4-13(14)12(8-16)9-17-15/h2-5,9,11H,6-8,10H2,1H3. The van der Waals surface area contributed by atoms with Crippen LogP contribution in [0.2, 0.25) is 0 Å². The number of alkyl halides is 1. The smallest absolute Gasteiger partial charge is 0.136 e. The van der Waals surface area contributed by atoms with Crippen LogP contribution in [0, 0.1) is 5.92 Å². The van der Waals surface area contributed by atoms with E-state index < -0.39 is 0 Å². The van der Waals surface area contributed by atoms with Crippen LogP contribution in [-0.4, -0.2) is 18.1 Å². The van der Waals surface area contributed by atoms with Crippen LogP contribution >= 0.6 is 11.6 Å². The molecule has 1 atom stereocenters. The molecule has 0 saturated carbocycles. The minimum atomic E-state index is 0.518. The summed E-state index contributed by atoms with van der Waals surface area (Å²) in [5, 5.41) is 2.46. The first-order valence-electron chi connectivity index (χ1n) is 6.47. The molecule has 0 radical (unpaired) electrons. The van der Waals surface area contributed by atoms with Gasteiger partial charge in [0.15, 0.2) is 0 Å². The predicted octanol–water partition coefficient (Wildman–Crippen LogP) is 3.82. The van der Waals surface area contributed by atoms with Crippen LogP contribution in [0.25, 0.3) is 10.8 Å². The van der Waals surface area contributed by atoms with Crippen molar-refractivity contribution in [1.82, 2.24) is 4.98 Å². The van der Waals surface area contributed by atoms with Crippen molar-refractivity contribution in [2.45, 2.75) is 19.2 Å². The minimum Gasteiger partial charge on any atom is -0.356 e. The van der Waals surface area contributed by atoms with Crippen molar-refractivity contribution in [3.05, 3.63) is 36.0 Å². The lowest BCUT2D eigenvalue weighted by molar-refractivity contribution is 0.659. The van der Waals surface area contributed by atoms with Gasteiger partial charge < -0.3 is 4.90 Å². The van der Waals surface area contributed by atoms with E-state index in [2.05, 4.69) is 41.1 Å². The summed E-state index contributed by atoms with van der Waals surface area (Å²) in [7, 11) is 0. The number of pyridine rings is 1. The maximum Gasteiger partial charge on any atom is 0.136 e. The molecule has 3 heteroatoms. The van der Waals surface area contributed by atoms with E-state index in [1.54, 1.807) is 0 Å². The predicted molar refractivity (Wildman–Crippen MR) is 77.3 cm³/mol. The Morgan fingerprint density at radius 2 is 2.11 bits per heavy atom. The van der Waals surface area contributed by atoms with Gasteiger partial charge in [0.1, 0.15) is 5.82 Å². The molecule has 2 aromatic rings. The number of rotatable bonds is 2. The van der Waals surface area contributed by atoms with E-state index in [4.69, 9.17) is 11.6 Å². The number of halogens is 1. The third-order valence-electron chi connectivity index (χ3n) is 3.72. The Kier molecular flexibility index (Phi) is 3.13. The first kappa shape index (κ1) is 11.8. The fourth-order valence-electron chi connectivity index (χ4n) is 2.72. The molecule has 1 aromatic carbocycles. The van der Waals surface area contributed by atoms with Crippen molar-refractivity contribution in [3.63, 3.8) is 0 Å². The van der Waals surface area contributed by atoms with E-state index >= 15 is 0 Å². The number of hydrogen-bond donors (Lipinski definition) is 0. The summed E-state index contributed by atoms with van der Waals surface area (Å²) in [6.45, 7) is 4.52. The summed E-state index contributed by atoms with van der Waals surface area (Å²) >= 11 is 5.99. The maximum atomic E-state index is 5.99. The van der Waals surface area contributed by atoms with Crippen LogP contribution in [0.4, 0.5) is 5.82 Å². The van der Waals surface area contributed by atoms with Crippen molar-refractivity contribution in [1.29, 1.82) is 0 Å². The largest absolute Gasteiger partial charge is 0.356 e. The average molecular weight is 261 g/mol. The Labute approximate surface area is 113 Å². The Bertz CT molecular complexity index is 567. The topological polar surface area (TPSA) is 16.1 Å². The first-order chi connectivity index (χ1) is 8.79. The van der Waals surface area contributed by atoms with E-state index in [9.17, 15) is 0 Å². The molecule has 0 amide bonds. The molecule has 2 heterocycles. The van der Waals surface area contributed by atoms with Crippen molar-refractivity contribution in [2.24, 2.45) is 5.92 Å². The zero-order valence-corrected chi connectivity index (χ0v) is 11.3. The first-order valence-corrected chi connectivity index (χ1v) is 7.00. The third kappa shape index (κ3) is 1.95. The Hall–Kier alpha value is -1.28. The summed E-state index contributed by atoms with van der Waals surface area (Å²) in [5.74, 6) is 2.39. The highest BCUT2D eigenvalue weighted by Gasteiger charge is 2.21. The van der Waals surface area contributed by atoms with Gasteiger partial charge >= 0.3 is 0 Å². The number of aromatic nitrogens is 1. The normalized spacial score (nSPS) is 19.7. The highest BCUT2D eigenvalue weighted by molar-refractivity contribution is 6.18. The van der Waals surface area contributed by atoms with E-state index in [1.165, 1.54) is 17.2 Å². The lowest BCUT2D eigenvalue weighted by atomic mass is 10.1. The van der Waals surface area contributed by atoms with Crippen molar-refractivity contribution >= 4 is 28.2 Å². The molecule has 0 bridgehead atoms. The van der Waals surface area contributed by atoms with Gasteiger partial charge in [-0.3, -0.25) is 0 Å². The SMILES string of the molecule is CC1CCN(c2ncc(CCl)c3ccccc23)C1. The zero-order valence-electron chi connectivity index (χ0n) is 10.6. The third-order valence-corrected chi connectivity index (χ3v) is 4.01. The number of hydrogen-bond acceptors (Lipinski definition) is 2. The van der Waals surface area contributed by atoms with Crippen molar-refractivity contribution in [3.8, 4) is 0 Å². The lowest BCUT2D eigenvalue weighted by Gasteiger charge is -2.19. The second kappa shape index (κ2) is 4.77. The minimum absolute atomic E-state index is 0.518. The van der Waals surface area contributed by atoms with Crippen LogP contribution in [0.1, 0.15) is 18.9 Å². The summed E-state index contributed by atoms with van der Waals surface area (Å²) in [6.07, 6.45) is 3.18. The Morgan fingerprint density at radius 3 is 2.78 bits per heavy atom. The van der Waals surface area contributed by atoms with Crippen LogP contribution in [-0.2, 0) is 5.88 Å². The van der Waals surface area contributed by atoms with Gasteiger partial charge in [0.05, 0.1) is 0 Å². The number of nitrogens with zero attached hydrogens (tertiary/aromatic N) is 2. The molecule has 18 heavy (non-hydrogen) atoms. The molecule has 1 aliphatic rings. The Balaban J connectivity index is 2.13. The monoisotopic (exact) mass is 260 g/mol. The second-order valence-corrected chi connectivity index (χ2v) is 5.39.